The third kappa shape index (κ3) is 4.51. The van der Waals surface area contributed by atoms with E-state index in [0.29, 0.717) is 12.5 Å². The van der Waals surface area contributed by atoms with E-state index in [-0.39, 0.29) is 6.61 Å². The molecule has 0 saturated heterocycles. The molecule has 3 atom stereocenters. The Morgan fingerprint density at radius 3 is 2.76 bits per heavy atom. The summed E-state index contributed by atoms with van der Waals surface area (Å²) in [5, 5.41) is 8.85. The van der Waals surface area contributed by atoms with Gasteiger partial charge >= 0.3 is 0 Å². The molecule has 1 aromatic rings. The van der Waals surface area contributed by atoms with Crippen LogP contribution in [0.1, 0.15) is 50.7 Å². The van der Waals surface area contributed by atoms with Crippen molar-refractivity contribution in [3.63, 3.8) is 0 Å². The lowest BCUT2D eigenvalue weighted by Gasteiger charge is -2.32. The minimum absolute atomic E-state index is 0.104. The topological polar surface area (TPSA) is 29.5 Å². The maximum atomic E-state index is 8.85. The van der Waals surface area contributed by atoms with E-state index >= 15 is 0 Å². The predicted octanol–water partition coefficient (Wildman–Crippen LogP) is 3.93. The molecule has 1 fully saturated rings. The molecule has 1 aliphatic rings. The lowest BCUT2D eigenvalue weighted by atomic mass is 9.80. The largest absolute Gasteiger partial charge is 0.489 e. The molecule has 3 unspecified atom stereocenters. The van der Waals surface area contributed by atoms with Gasteiger partial charge in [0.2, 0.25) is 0 Å². The van der Waals surface area contributed by atoms with Gasteiger partial charge in [-0.3, -0.25) is 0 Å². The monoisotopic (exact) mass is 286 g/mol. The lowest BCUT2D eigenvalue weighted by molar-refractivity contribution is 0.100. The van der Waals surface area contributed by atoms with Gasteiger partial charge in [-0.15, -0.1) is 0 Å². The average Bonchev–Trinajstić information content (AvgIpc) is 2.46. The zero-order chi connectivity index (χ0) is 15.2. The number of aliphatic hydroxyl groups excluding tert-OH is 1. The number of benzene rings is 1. The first-order chi connectivity index (χ1) is 10.1. The van der Waals surface area contributed by atoms with Crippen molar-refractivity contribution in [1.82, 2.24) is 0 Å². The molecular weight excluding hydrogens is 260 g/mol. The number of ether oxygens (including phenoxy) is 1. The fraction of sp³-hybridized carbons (Fsp3) is 0.579. The van der Waals surface area contributed by atoms with E-state index in [1.165, 1.54) is 12.0 Å². The molecule has 0 radical (unpaired) electrons. The van der Waals surface area contributed by atoms with Crippen molar-refractivity contribution in [2.75, 3.05) is 6.61 Å². The molecule has 2 rings (SSSR count). The van der Waals surface area contributed by atoms with Crippen LogP contribution in [0.3, 0.4) is 0 Å². The van der Waals surface area contributed by atoms with Crippen molar-refractivity contribution in [3.8, 4) is 17.6 Å². The summed E-state index contributed by atoms with van der Waals surface area (Å²) in [5.41, 5.74) is 2.12. The minimum atomic E-state index is 0.104. The van der Waals surface area contributed by atoms with Crippen LogP contribution in [0, 0.1) is 30.6 Å². The molecule has 1 N–H and O–H groups in total. The third-order valence-electron chi connectivity index (χ3n) is 4.44. The Hall–Kier alpha value is -1.46. The summed E-state index contributed by atoms with van der Waals surface area (Å²) in [6.07, 6.45) is 4.30. The molecule has 0 heterocycles. The van der Waals surface area contributed by atoms with E-state index in [9.17, 15) is 0 Å². The smallest absolute Gasteiger partial charge is 0.135 e. The number of hydrogen-bond acceptors (Lipinski definition) is 2. The van der Waals surface area contributed by atoms with Gasteiger partial charge in [-0.05, 0) is 55.7 Å². The highest BCUT2D eigenvalue weighted by Crippen LogP contribution is 2.32. The van der Waals surface area contributed by atoms with Crippen LogP contribution in [0.25, 0.3) is 0 Å². The summed E-state index contributed by atoms with van der Waals surface area (Å²) in [7, 11) is 0. The highest BCUT2D eigenvalue weighted by Gasteiger charge is 2.26. The maximum absolute atomic E-state index is 8.85. The predicted molar refractivity (Wildman–Crippen MR) is 86.4 cm³/mol. The molecule has 0 spiro atoms. The number of aliphatic hydroxyl groups is 1. The average molecular weight is 286 g/mol. The quantitative estimate of drug-likeness (QED) is 0.853. The van der Waals surface area contributed by atoms with Crippen LogP contribution in [0.5, 0.6) is 5.75 Å². The van der Waals surface area contributed by atoms with Crippen molar-refractivity contribution >= 4 is 0 Å². The van der Waals surface area contributed by atoms with Gasteiger partial charge in [-0.25, -0.2) is 0 Å². The summed E-state index contributed by atoms with van der Waals surface area (Å²) < 4.78 is 6.23. The first-order valence-corrected chi connectivity index (χ1v) is 7.97. The van der Waals surface area contributed by atoms with Crippen LogP contribution in [0.2, 0.25) is 0 Å². The zero-order valence-corrected chi connectivity index (χ0v) is 13.4. The molecule has 1 aliphatic carbocycles. The molecule has 1 aromatic carbocycles. The van der Waals surface area contributed by atoms with E-state index in [1.807, 2.05) is 6.07 Å². The minimum Gasteiger partial charge on any atom is -0.489 e. The highest BCUT2D eigenvalue weighted by atomic mass is 16.5. The van der Waals surface area contributed by atoms with Gasteiger partial charge in [0.15, 0.2) is 0 Å². The summed E-state index contributed by atoms with van der Waals surface area (Å²) in [4.78, 5) is 0. The molecule has 1 saturated carbocycles. The van der Waals surface area contributed by atoms with E-state index in [2.05, 4.69) is 44.7 Å². The molecule has 0 aliphatic heterocycles. The number of aryl methyl sites for hydroxylation is 1. The molecular formula is C19H26O2. The van der Waals surface area contributed by atoms with Crippen LogP contribution in [0.15, 0.2) is 18.2 Å². The van der Waals surface area contributed by atoms with Crippen molar-refractivity contribution in [2.45, 2.75) is 52.6 Å². The van der Waals surface area contributed by atoms with Crippen LogP contribution >= 0.6 is 0 Å². The zero-order valence-electron chi connectivity index (χ0n) is 13.4. The van der Waals surface area contributed by atoms with Gasteiger partial charge in [0, 0.05) is 6.42 Å². The van der Waals surface area contributed by atoms with Gasteiger partial charge in [0.1, 0.15) is 5.75 Å². The molecule has 114 valence electrons. The summed E-state index contributed by atoms with van der Waals surface area (Å²) >= 11 is 0. The molecule has 2 nitrogen and oxygen atoms in total. The van der Waals surface area contributed by atoms with E-state index in [0.717, 1.165) is 36.0 Å². The van der Waals surface area contributed by atoms with Crippen LogP contribution in [-0.4, -0.2) is 17.8 Å². The lowest BCUT2D eigenvalue weighted by Crippen LogP contribution is -2.29. The van der Waals surface area contributed by atoms with Crippen LogP contribution in [0.4, 0.5) is 0 Å². The standard InChI is InChI=1S/C19H26O2/c1-14-7-10-19(17(12-14)6-4-5-11-20)21-18-9-8-15(2)16(3)13-18/h7,10,12,15-16,18,20H,5,8-9,11,13H2,1-3H3. The Balaban J connectivity index is 2.11. The molecule has 0 bridgehead atoms. The first kappa shape index (κ1) is 15.9. The third-order valence-corrected chi connectivity index (χ3v) is 4.44. The van der Waals surface area contributed by atoms with Gasteiger partial charge in [-0.2, -0.15) is 0 Å². The summed E-state index contributed by atoms with van der Waals surface area (Å²) in [5.74, 6) is 8.53. The summed E-state index contributed by atoms with van der Waals surface area (Å²) in [6, 6.07) is 6.16. The second-order valence-corrected chi connectivity index (χ2v) is 6.28. The van der Waals surface area contributed by atoms with Crippen molar-refractivity contribution in [3.05, 3.63) is 29.3 Å². The van der Waals surface area contributed by atoms with Gasteiger partial charge in [-0.1, -0.05) is 31.8 Å². The van der Waals surface area contributed by atoms with E-state index in [4.69, 9.17) is 9.84 Å². The van der Waals surface area contributed by atoms with Gasteiger partial charge in [0.05, 0.1) is 18.3 Å². The van der Waals surface area contributed by atoms with Crippen molar-refractivity contribution in [1.29, 1.82) is 0 Å². The maximum Gasteiger partial charge on any atom is 0.135 e. The number of hydrogen-bond donors (Lipinski definition) is 1. The van der Waals surface area contributed by atoms with Gasteiger partial charge in [0.25, 0.3) is 0 Å². The Bertz CT molecular complexity index is 524. The van der Waals surface area contributed by atoms with Gasteiger partial charge < -0.3 is 9.84 Å². The Morgan fingerprint density at radius 1 is 1.24 bits per heavy atom. The first-order valence-electron chi connectivity index (χ1n) is 7.97. The summed E-state index contributed by atoms with van der Waals surface area (Å²) in [6.45, 7) is 6.81. The Kier molecular flexibility index (Phi) is 5.70. The van der Waals surface area contributed by atoms with Crippen LogP contribution in [-0.2, 0) is 0 Å². The molecule has 21 heavy (non-hydrogen) atoms. The Morgan fingerprint density at radius 2 is 2.05 bits per heavy atom. The normalized spacial score (nSPS) is 25.0. The van der Waals surface area contributed by atoms with Crippen molar-refractivity contribution in [2.24, 2.45) is 11.8 Å². The highest BCUT2D eigenvalue weighted by molar-refractivity contribution is 5.48. The second-order valence-electron chi connectivity index (χ2n) is 6.28. The van der Waals surface area contributed by atoms with E-state index in [1.54, 1.807) is 0 Å². The van der Waals surface area contributed by atoms with Crippen molar-refractivity contribution < 1.29 is 9.84 Å². The number of rotatable bonds is 3. The molecule has 0 aromatic heterocycles. The Labute approximate surface area is 128 Å². The fourth-order valence-electron chi connectivity index (χ4n) is 2.84. The second kappa shape index (κ2) is 7.52. The van der Waals surface area contributed by atoms with Crippen LogP contribution < -0.4 is 4.74 Å². The fourth-order valence-corrected chi connectivity index (χ4v) is 2.84. The molecule has 2 heteroatoms. The SMILES string of the molecule is Cc1ccc(OC2CCC(C)C(C)C2)c(C#CCCO)c1. The molecule has 0 amide bonds. The van der Waals surface area contributed by atoms with E-state index < -0.39 is 0 Å².